The third-order valence-electron chi connectivity index (χ3n) is 1.89. The second-order valence-electron chi connectivity index (χ2n) is 2.93. The summed E-state index contributed by atoms with van der Waals surface area (Å²) in [4.78, 5) is 11.4. The number of alkyl halides is 1. The van der Waals surface area contributed by atoms with Gasteiger partial charge in [0, 0.05) is 0 Å². The number of benzene rings is 1. The molecule has 4 heteroatoms. The van der Waals surface area contributed by atoms with Gasteiger partial charge in [-0.15, -0.1) is 11.6 Å². The van der Waals surface area contributed by atoms with Gasteiger partial charge in [-0.1, -0.05) is 6.07 Å². The minimum atomic E-state index is -0.0861. The monoisotopic (exact) mass is 228 g/mol. The Morgan fingerprint density at radius 1 is 1.40 bits per heavy atom. The average Bonchev–Trinajstić information content (AvgIpc) is 2.25. The number of rotatable bonds is 5. The van der Waals surface area contributed by atoms with Gasteiger partial charge in [0.05, 0.1) is 13.0 Å². The molecule has 1 rings (SSSR count). The van der Waals surface area contributed by atoms with Crippen LogP contribution in [-0.2, 0) is 0 Å². The quantitative estimate of drug-likeness (QED) is 0.574. The summed E-state index contributed by atoms with van der Waals surface area (Å²) >= 11 is 5.52. The predicted molar refractivity (Wildman–Crippen MR) is 59.2 cm³/mol. The molecule has 82 valence electrons. The van der Waals surface area contributed by atoms with Crippen molar-refractivity contribution in [2.45, 2.75) is 6.92 Å². The zero-order valence-corrected chi connectivity index (χ0v) is 9.50. The molecule has 1 aromatic rings. The van der Waals surface area contributed by atoms with E-state index in [9.17, 15) is 4.79 Å². The van der Waals surface area contributed by atoms with Crippen molar-refractivity contribution >= 4 is 17.4 Å². The van der Waals surface area contributed by atoms with Crippen LogP contribution in [0.3, 0.4) is 0 Å². The van der Waals surface area contributed by atoms with Crippen molar-refractivity contribution in [3.05, 3.63) is 23.8 Å². The molecule has 3 nitrogen and oxygen atoms in total. The summed E-state index contributed by atoms with van der Waals surface area (Å²) in [5, 5.41) is 0. The lowest BCUT2D eigenvalue weighted by molar-refractivity contribution is 0.101. The van der Waals surface area contributed by atoms with Gasteiger partial charge in [0.2, 0.25) is 0 Å². The molecule has 0 spiro atoms. The van der Waals surface area contributed by atoms with Crippen molar-refractivity contribution in [3.63, 3.8) is 0 Å². The summed E-state index contributed by atoms with van der Waals surface area (Å²) in [6.45, 7) is 1.85. The zero-order valence-electron chi connectivity index (χ0n) is 8.75. The van der Waals surface area contributed by atoms with Gasteiger partial charge in [0.1, 0.15) is 23.7 Å². The molecule has 0 saturated heterocycles. The van der Waals surface area contributed by atoms with Crippen LogP contribution in [0.15, 0.2) is 18.2 Å². The Kier molecular flexibility index (Phi) is 4.43. The Morgan fingerprint density at radius 3 is 2.60 bits per heavy atom. The van der Waals surface area contributed by atoms with Crippen molar-refractivity contribution in [1.82, 2.24) is 0 Å². The summed E-state index contributed by atoms with van der Waals surface area (Å²) in [5.41, 5.74) is 0.463. The van der Waals surface area contributed by atoms with Crippen LogP contribution < -0.4 is 9.47 Å². The molecule has 0 heterocycles. The maximum absolute atomic E-state index is 11.4. The summed E-state index contributed by atoms with van der Waals surface area (Å²) < 4.78 is 10.5. The second-order valence-corrected chi connectivity index (χ2v) is 3.31. The molecule has 0 aliphatic rings. The number of carbonyl (C=O) groups excluding carboxylic acids is 1. The van der Waals surface area contributed by atoms with Crippen molar-refractivity contribution in [1.29, 1.82) is 0 Å². The minimum Gasteiger partial charge on any atom is -0.496 e. The van der Waals surface area contributed by atoms with E-state index in [1.54, 1.807) is 18.2 Å². The average molecular weight is 229 g/mol. The topological polar surface area (TPSA) is 35.5 Å². The van der Waals surface area contributed by atoms with E-state index in [1.807, 2.05) is 0 Å². The van der Waals surface area contributed by atoms with E-state index >= 15 is 0 Å². The first-order valence-electron chi connectivity index (χ1n) is 4.57. The Hall–Kier alpha value is -1.22. The zero-order chi connectivity index (χ0) is 11.3. The van der Waals surface area contributed by atoms with Gasteiger partial charge in [-0.05, 0) is 19.1 Å². The van der Waals surface area contributed by atoms with E-state index in [2.05, 4.69) is 0 Å². The summed E-state index contributed by atoms with van der Waals surface area (Å²) in [7, 11) is 1.52. The number of Topliss-reactive ketones (excluding diaryl/α,β-unsaturated/α-hetero) is 1. The minimum absolute atomic E-state index is 0.0861. The van der Waals surface area contributed by atoms with Crippen LogP contribution in [0.1, 0.15) is 17.3 Å². The highest BCUT2D eigenvalue weighted by Gasteiger charge is 2.14. The normalized spacial score (nSPS) is 9.80. The van der Waals surface area contributed by atoms with E-state index < -0.39 is 0 Å². The van der Waals surface area contributed by atoms with Crippen LogP contribution in [-0.4, -0.2) is 25.4 Å². The van der Waals surface area contributed by atoms with Gasteiger partial charge >= 0.3 is 0 Å². The van der Waals surface area contributed by atoms with E-state index in [0.29, 0.717) is 29.5 Å². The Labute approximate surface area is 93.9 Å². The number of ether oxygens (including phenoxy) is 2. The Balaban J connectivity index is 3.07. The van der Waals surface area contributed by atoms with Crippen LogP contribution in [0.4, 0.5) is 0 Å². The van der Waals surface area contributed by atoms with Gasteiger partial charge in [0.25, 0.3) is 0 Å². The summed E-state index contributed by atoms with van der Waals surface area (Å²) in [5.74, 6) is 1.34. The van der Waals surface area contributed by atoms with Gasteiger partial charge in [-0.3, -0.25) is 4.79 Å². The predicted octanol–water partition coefficient (Wildman–Crippen LogP) is 2.52. The third-order valence-corrected chi connectivity index (χ3v) is 2.05. The third kappa shape index (κ3) is 2.86. The molecule has 0 aromatic heterocycles. The molecule has 0 saturated carbocycles. The lowest BCUT2D eigenvalue weighted by Crippen LogP contribution is -2.05. The molecule has 0 bridgehead atoms. The molecular weight excluding hydrogens is 216 g/mol. The first-order chi connectivity index (χ1) is 7.20. The van der Waals surface area contributed by atoms with E-state index in [4.69, 9.17) is 21.1 Å². The molecule has 0 fully saturated rings. The summed E-state index contributed by atoms with van der Waals surface area (Å²) in [6, 6.07) is 5.23. The van der Waals surface area contributed by atoms with Crippen molar-refractivity contribution in [2.24, 2.45) is 0 Å². The van der Waals surface area contributed by atoms with Crippen molar-refractivity contribution in [2.75, 3.05) is 19.6 Å². The highest BCUT2D eigenvalue weighted by Crippen LogP contribution is 2.28. The summed E-state index contributed by atoms with van der Waals surface area (Å²) in [6.07, 6.45) is 0. The standard InChI is InChI=1S/C11H13ClO3/c1-8(13)11-9(14-2)4-3-5-10(11)15-7-6-12/h3-5H,6-7H2,1-2H3. The van der Waals surface area contributed by atoms with E-state index in [0.717, 1.165) is 0 Å². The number of halogens is 1. The molecule has 1 aromatic carbocycles. The number of hydrogen-bond acceptors (Lipinski definition) is 3. The first kappa shape index (κ1) is 11.9. The fraction of sp³-hybridized carbons (Fsp3) is 0.364. The van der Waals surface area contributed by atoms with Gasteiger partial charge in [-0.2, -0.15) is 0 Å². The van der Waals surface area contributed by atoms with Crippen LogP contribution in [0.25, 0.3) is 0 Å². The fourth-order valence-electron chi connectivity index (χ4n) is 1.30. The Bertz CT molecular complexity index is 350. The molecule has 0 unspecified atom stereocenters. The smallest absolute Gasteiger partial charge is 0.167 e. The van der Waals surface area contributed by atoms with Crippen molar-refractivity contribution < 1.29 is 14.3 Å². The lowest BCUT2D eigenvalue weighted by atomic mass is 10.1. The van der Waals surface area contributed by atoms with Crippen LogP contribution in [0, 0.1) is 0 Å². The number of hydrogen-bond donors (Lipinski definition) is 0. The molecule has 0 atom stereocenters. The molecular formula is C11H13ClO3. The second kappa shape index (κ2) is 5.61. The highest BCUT2D eigenvalue weighted by atomic mass is 35.5. The SMILES string of the molecule is COc1cccc(OCCCl)c1C(C)=O. The van der Waals surface area contributed by atoms with Gasteiger partial charge < -0.3 is 9.47 Å². The van der Waals surface area contributed by atoms with Crippen molar-refractivity contribution in [3.8, 4) is 11.5 Å². The first-order valence-corrected chi connectivity index (χ1v) is 5.11. The maximum atomic E-state index is 11.4. The fourth-order valence-corrected chi connectivity index (χ4v) is 1.37. The van der Waals surface area contributed by atoms with E-state index in [1.165, 1.54) is 14.0 Å². The highest BCUT2D eigenvalue weighted by molar-refractivity contribution is 6.18. The van der Waals surface area contributed by atoms with Gasteiger partial charge in [-0.25, -0.2) is 0 Å². The maximum Gasteiger partial charge on any atom is 0.167 e. The number of methoxy groups -OCH3 is 1. The molecule has 0 aliphatic heterocycles. The van der Waals surface area contributed by atoms with Crippen LogP contribution >= 0.6 is 11.6 Å². The molecule has 0 amide bonds. The van der Waals surface area contributed by atoms with Crippen LogP contribution in [0.5, 0.6) is 11.5 Å². The molecule has 0 aliphatic carbocycles. The number of carbonyl (C=O) groups is 1. The van der Waals surface area contributed by atoms with Gasteiger partial charge in [0.15, 0.2) is 5.78 Å². The molecule has 15 heavy (non-hydrogen) atoms. The number of ketones is 1. The molecule has 0 N–H and O–H groups in total. The Morgan fingerprint density at radius 2 is 2.07 bits per heavy atom. The largest absolute Gasteiger partial charge is 0.496 e. The van der Waals surface area contributed by atoms with E-state index in [-0.39, 0.29) is 5.78 Å². The molecule has 0 radical (unpaired) electrons. The lowest BCUT2D eigenvalue weighted by Gasteiger charge is -2.11. The van der Waals surface area contributed by atoms with Crippen LogP contribution in [0.2, 0.25) is 0 Å².